The second-order valence-corrected chi connectivity index (χ2v) is 7.16. The zero-order valence-electron chi connectivity index (χ0n) is 12.4. The minimum Gasteiger partial charge on any atom is -0.212 e. The van der Waals surface area contributed by atoms with Crippen LogP contribution in [0.15, 0.2) is 66.7 Å². The minimum atomic E-state index is -3.60. The van der Waals surface area contributed by atoms with Crippen LogP contribution in [0.3, 0.4) is 0 Å². The molecule has 0 bridgehead atoms. The number of hydrogen-bond donors (Lipinski definition) is 1. The van der Waals surface area contributed by atoms with Crippen LogP contribution in [0.4, 0.5) is 4.39 Å². The van der Waals surface area contributed by atoms with E-state index in [2.05, 4.69) is 4.72 Å². The number of benzene rings is 3. The van der Waals surface area contributed by atoms with Crippen molar-refractivity contribution in [3.05, 3.63) is 83.7 Å². The summed E-state index contributed by atoms with van der Waals surface area (Å²) in [5.74, 6) is -0.878. The lowest BCUT2D eigenvalue weighted by Gasteiger charge is -2.08. The van der Waals surface area contributed by atoms with E-state index in [1.54, 1.807) is 6.07 Å². The van der Waals surface area contributed by atoms with Gasteiger partial charge in [0.25, 0.3) is 0 Å². The van der Waals surface area contributed by atoms with Gasteiger partial charge in [-0.05, 0) is 28.5 Å². The van der Waals surface area contributed by atoms with E-state index >= 15 is 0 Å². The lowest BCUT2D eigenvalue weighted by atomic mass is 10.1. The zero-order valence-corrected chi connectivity index (χ0v) is 13.2. The average Bonchev–Trinajstić information content (AvgIpc) is 2.55. The lowest BCUT2D eigenvalue weighted by Crippen LogP contribution is -2.25. The van der Waals surface area contributed by atoms with Crippen molar-refractivity contribution < 1.29 is 12.8 Å². The van der Waals surface area contributed by atoms with Crippen LogP contribution in [0, 0.1) is 5.82 Å². The van der Waals surface area contributed by atoms with Crippen molar-refractivity contribution in [3.63, 3.8) is 0 Å². The number of sulfonamides is 1. The fourth-order valence-corrected chi connectivity index (χ4v) is 3.55. The Bertz CT molecular complexity index is 938. The Morgan fingerprint density at radius 3 is 2.35 bits per heavy atom. The molecule has 0 atom stereocenters. The van der Waals surface area contributed by atoms with Crippen LogP contribution in [-0.4, -0.2) is 8.42 Å². The first-order valence-corrected chi connectivity index (χ1v) is 8.87. The summed E-state index contributed by atoms with van der Waals surface area (Å²) >= 11 is 0. The Morgan fingerprint density at radius 2 is 1.57 bits per heavy atom. The monoisotopic (exact) mass is 329 g/mol. The van der Waals surface area contributed by atoms with Crippen molar-refractivity contribution in [2.45, 2.75) is 12.3 Å². The maximum atomic E-state index is 13.6. The Balaban J connectivity index is 1.72. The number of rotatable bonds is 5. The summed E-state index contributed by atoms with van der Waals surface area (Å²) < 4.78 is 40.3. The third kappa shape index (κ3) is 3.94. The van der Waals surface area contributed by atoms with Gasteiger partial charge in [-0.15, -0.1) is 0 Å². The van der Waals surface area contributed by atoms with Crippen LogP contribution < -0.4 is 4.72 Å². The van der Waals surface area contributed by atoms with Crippen molar-refractivity contribution in [1.29, 1.82) is 0 Å². The zero-order chi connectivity index (χ0) is 16.3. The van der Waals surface area contributed by atoms with Gasteiger partial charge in [-0.25, -0.2) is 17.5 Å². The van der Waals surface area contributed by atoms with E-state index in [0.29, 0.717) is 0 Å². The van der Waals surface area contributed by atoms with Gasteiger partial charge < -0.3 is 0 Å². The van der Waals surface area contributed by atoms with Crippen LogP contribution in [0.25, 0.3) is 10.8 Å². The van der Waals surface area contributed by atoms with Gasteiger partial charge in [-0.3, -0.25) is 0 Å². The molecule has 0 radical (unpaired) electrons. The summed E-state index contributed by atoms with van der Waals surface area (Å²) in [6.45, 7) is 0.182. The molecular weight excluding hydrogens is 313 g/mol. The maximum absolute atomic E-state index is 13.6. The summed E-state index contributed by atoms with van der Waals surface area (Å²) in [6, 6.07) is 19.6. The highest BCUT2D eigenvalue weighted by molar-refractivity contribution is 7.88. The average molecular weight is 329 g/mol. The predicted molar refractivity (Wildman–Crippen MR) is 89.8 cm³/mol. The molecular formula is C18H16FNO2S. The van der Waals surface area contributed by atoms with Gasteiger partial charge in [-0.2, -0.15) is 0 Å². The summed E-state index contributed by atoms with van der Waals surface area (Å²) in [7, 11) is -3.60. The number of nitrogens with one attached hydrogen (secondary N) is 1. The Kier molecular flexibility index (Phi) is 4.41. The van der Waals surface area contributed by atoms with E-state index in [9.17, 15) is 12.8 Å². The summed E-state index contributed by atoms with van der Waals surface area (Å²) in [4.78, 5) is 0. The van der Waals surface area contributed by atoms with Gasteiger partial charge in [0, 0.05) is 12.1 Å². The first-order chi connectivity index (χ1) is 11.0. The molecule has 3 aromatic carbocycles. The van der Waals surface area contributed by atoms with Gasteiger partial charge in [0.15, 0.2) is 0 Å². The Labute approximate surface area is 134 Å². The highest BCUT2D eigenvalue weighted by atomic mass is 32.2. The van der Waals surface area contributed by atoms with Gasteiger partial charge in [-0.1, -0.05) is 54.6 Å². The molecule has 0 spiro atoms. The molecule has 118 valence electrons. The van der Waals surface area contributed by atoms with Gasteiger partial charge >= 0.3 is 0 Å². The second-order valence-electron chi connectivity index (χ2n) is 5.35. The fourth-order valence-electron chi connectivity index (χ4n) is 2.41. The molecule has 0 heterocycles. The van der Waals surface area contributed by atoms with Crippen molar-refractivity contribution in [2.75, 3.05) is 0 Å². The molecule has 0 aliphatic carbocycles. The van der Waals surface area contributed by atoms with Gasteiger partial charge in [0.2, 0.25) is 10.0 Å². The summed E-state index contributed by atoms with van der Waals surface area (Å²) in [6.07, 6.45) is 0. The molecule has 0 aromatic heterocycles. The van der Waals surface area contributed by atoms with E-state index < -0.39 is 15.8 Å². The fraction of sp³-hybridized carbons (Fsp3) is 0.111. The highest BCUT2D eigenvalue weighted by Gasteiger charge is 2.14. The van der Waals surface area contributed by atoms with E-state index in [0.717, 1.165) is 16.3 Å². The molecule has 0 saturated heterocycles. The first kappa shape index (κ1) is 15.6. The third-order valence-corrected chi connectivity index (χ3v) is 4.89. The standard InChI is InChI=1S/C18H16FNO2S/c19-18-8-4-3-7-17(18)13-23(21,22)20-12-14-9-10-15-5-1-2-6-16(15)11-14/h1-11,20H,12-13H2. The number of fused-ring (bicyclic) bond motifs is 1. The maximum Gasteiger partial charge on any atom is 0.216 e. The Morgan fingerprint density at radius 1 is 0.870 bits per heavy atom. The Hall–Kier alpha value is -2.24. The number of hydrogen-bond acceptors (Lipinski definition) is 2. The first-order valence-electron chi connectivity index (χ1n) is 7.22. The van der Waals surface area contributed by atoms with Gasteiger partial charge in [0.1, 0.15) is 5.82 Å². The topological polar surface area (TPSA) is 46.2 Å². The SMILES string of the molecule is O=S(=O)(Cc1ccccc1F)NCc1ccc2ccccc2c1. The second kappa shape index (κ2) is 6.48. The van der Waals surface area contributed by atoms with Crippen LogP contribution in [0.1, 0.15) is 11.1 Å². The molecule has 0 aliphatic heterocycles. The highest BCUT2D eigenvalue weighted by Crippen LogP contribution is 2.16. The molecule has 0 amide bonds. The van der Waals surface area contributed by atoms with Crippen LogP contribution in [0.5, 0.6) is 0 Å². The molecule has 0 unspecified atom stereocenters. The van der Waals surface area contributed by atoms with Crippen molar-refractivity contribution >= 4 is 20.8 Å². The van der Waals surface area contributed by atoms with Crippen molar-refractivity contribution in [3.8, 4) is 0 Å². The van der Waals surface area contributed by atoms with E-state index in [-0.39, 0.29) is 17.9 Å². The molecule has 3 nitrogen and oxygen atoms in total. The lowest BCUT2D eigenvalue weighted by molar-refractivity contribution is 0.574. The largest absolute Gasteiger partial charge is 0.216 e. The summed E-state index contributed by atoms with van der Waals surface area (Å²) in [5.41, 5.74) is 1.03. The van der Waals surface area contributed by atoms with Crippen LogP contribution in [0.2, 0.25) is 0 Å². The normalized spacial score (nSPS) is 11.7. The predicted octanol–water partition coefficient (Wildman–Crippen LogP) is 3.60. The molecule has 0 fully saturated rings. The molecule has 23 heavy (non-hydrogen) atoms. The van der Waals surface area contributed by atoms with Crippen molar-refractivity contribution in [1.82, 2.24) is 4.72 Å². The van der Waals surface area contributed by atoms with E-state index in [4.69, 9.17) is 0 Å². The third-order valence-electron chi connectivity index (χ3n) is 3.61. The molecule has 5 heteroatoms. The van der Waals surface area contributed by atoms with E-state index in [1.165, 1.54) is 18.2 Å². The molecule has 0 saturated carbocycles. The molecule has 3 rings (SSSR count). The summed E-state index contributed by atoms with van der Waals surface area (Å²) in [5, 5.41) is 2.16. The van der Waals surface area contributed by atoms with Crippen molar-refractivity contribution in [2.24, 2.45) is 0 Å². The molecule has 1 N–H and O–H groups in total. The quantitative estimate of drug-likeness (QED) is 0.777. The molecule has 3 aromatic rings. The van der Waals surface area contributed by atoms with Gasteiger partial charge in [0.05, 0.1) is 5.75 Å². The van der Waals surface area contributed by atoms with Crippen LogP contribution >= 0.6 is 0 Å². The smallest absolute Gasteiger partial charge is 0.212 e. The molecule has 0 aliphatic rings. The van der Waals surface area contributed by atoms with Crippen LogP contribution in [-0.2, 0) is 22.3 Å². The number of halogens is 1. The van der Waals surface area contributed by atoms with E-state index in [1.807, 2.05) is 42.5 Å². The minimum absolute atomic E-state index is 0.165.